The van der Waals surface area contributed by atoms with Gasteiger partial charge in [-0.05, 0) is 24.6 Å². The zero-order valence-electron chi connectivity index (χ0n) is 8.00. The zero-order chi connectivity index (χ0) is 10.3. The van der Waals surface area contributed by atoms with Crippen LogP contribution in [0.5, 0.6) is 0 Å². The highest BCUT2D eigenvalue weighted by Gasteiger charge is 1.96. The Bertz CT molecular complexity index is 239. The summed E-state index contributed by atoms with van der Waals surface area (Å²) in [6, 6.07) is 0. The maximum Gasteiger partial charge on any atom is 0.305 e. The van der Waals surface area contributed by atoms with Crippen LogP contribution < -0.4 is 0 Å². The van der Waals surface area contributed by atoms with Gasteiger partial charge in [0, 0.05) is 6.42 Å². The second-order valence-electron chi connectivity index (χ2n) is 2.58. The third kappa shape index (κ3) is 5.84. The number of ketones is 1. The Kier molecular flexibility index (Phi) is 5.52. The lowest BCUT2D eigenvalue weighted by Crippen LogP contribution is -2.02. The summed E-state index contributed by atoms with van der Waals surface area (Å²) in [7, 11) is 0. The fraction of sp³-hybridized carbons (Fsp3) is 0.400. The zero-order valence-corrected chi connectivity index (χ0v) is 8.00. The predicted molar refractivity (Wildman–Crippen MR) is 50.2 cm³/mol. The summed E-state index contributed by atoms with van der Waals surface area (Å²) in [4.78, 5) is 21.6. The van der Waals surface area contributed by atoms with Gasteiger partial charge in [-0.3, -0.25) is 9.59 Å². The maximum absolute atomic E-state index is 10.9. The molecule has 3 heteroatoms. The quantitative estimate of drug-likeness (QED) is 0.479. The number of allylic oxidation sites excluding steroid dienone is 2. The highest BCUT2D eigenvalue weighted by molar-refractivity contribution is 6.02. The van der Waals surface area contributed by atoms with Gasteiger partial charge in [-0.25, -0.2) is 0 Å². The van der Waals surface area contributed by atoms with E-state index >= 15 is 0 Å². The van der Waals surface area contributed by atoms with E-state index < -0.39 is 0 Å². The standard InChI is InChI=1S/C10H14O3/c1-4-10(12)13-7-5-6-9(11)8(2)3/h5-6H,2,4,7H2,1,3H3. The smallest absolute Gasteiger partial charge is 0.305 e. The molecule has 0 spiro atoms. The van der Waals surface area contributed by atoms with E-state index in [1.165, 1.54) is 12.2 Å². The van der Waals surface area contributed by atoms with E-state index in [1.54, 1.807) is 13.8 Å². The van der Waals surface area contributed by atoms with E-state index in [1.807, 2.05) is 0 Å². The van der Waals surface area contributed by atoms with Gasteiger partial charge in [0.05, 0.1) is 0 Å². The van der Waals surface area contributed by atoms with Crippen molar-refractivity contribution in [2.24, 2.45) is 0 Å². The Morgan fingerprint density at radius 2 is 2.08 bits per heavy atom. The van der Waals surface area contributed by atoms with Crippen LogP contribution in [-0.2, 0) is 14.3 Å². The van der Waals surface area contributed by atoms with E-state index in [2.05, 4.69) is 6.58 Å². The van der Waals surface area contributed by atoms with E-state index in [0.29, 0.717) is 12.0 Å². The van der Waals surface area contributed by atoms with Gasteiger partial charge >= 0.3 is 5.97 Å². The summed E-state index contributed by atoms with van der Waals surface area (Å²) in [6.07, 6.45) is 3.21. The molecule has 0 radical (unpaired) electrons. The van der Waals surface area contributed by atoms with Crippen LogP contribution in [0.1, 0.15) is 20.3 Å². The molecule has 0 heterocycles. The molecular weight excluding hydrogens is 168 g/mol. The SMILES string of the molecule is C=C(C)C(=O)C=CCOC(=O)CC. The summed E-state index contributed by atoms with van der Waals surface area (Å²) < 4.78 is 4.71. The fourth-order valence-electron chi connectivity index (χ4n) is 0.541. The van der Waals surface area contributed by atoms with Crippen molar-refractivity contribution in [2.45, 2.75) is 20.3 Å². The van der Waals surface area contributed by atoms with E-state index in [-0.39, 0.29) is 18.4 Å². The molecule has 0 rings (SSSR count). The summed E-state index contributed by atoms with van der Waals surface area (Å²) in [5.41, 5.74) is 0.470. The van der Waals surface area contributed by atoms with Gasteiger partial charge in [-0.15, -0.1) is 0 Å². The first-order valence-electron chi connectivity index (χ1n) is 4.10. The first-order valence-corrected chi connectivity index (χ1v) is 4.10. The van der Waals surface area contributed by atoms with Crippen molar-refractivity contribution in [3.63, 3.8) is 0 Å². The average Bonchev–Trinajstić information content (AvgIpc) is 2.11. The van der Waals surface area contributed by atoms with Crippen LogP contribution in [-0.4, -0.2) is 18.4 Å². The van der Waals surface area contributed by atoms with Crippen LogP contribution in [0.3, 0.4) is 0 Å². The van der Waals surface area contributed by atoms with E-state index in [4.69, 9.17) is 4.74 Å². The molecule has 0 saturated carbocycles. The fourth-order valence-corrected chi connectivity index (χ4v) is 0.541. The Morgan fingerprint density at radius 3 is 2.54 bits per heavy atom. The van der Waals surface area contributed by atoms with E-state index in [9.17, 15) is 9.59 Å². The second kappa shape index (κ2) is 6.17. The minimum absolute atomic E-state index is 0.145. The number of ether oxygens (including phenoxy) is 1. The second-order valence-corrected chi connectivity index (χ2v) is 2.58. The van der Waals surface area contributed by atoms with Crippen molar-refractivity contribution in [3.05, 3.63) is 24.3 Å². The van der Waals surface area contributed by atoms with Gasteiger partial charge in [0.15, 0.2) is 5.78 Å². The highest BCUT2D eigenvalue weighted by atomic mass is 16.5. The number of esters is 1. The van der Waals surface area contributed by atoms with Crippen LogP contribution in [0.2, 0.25) is 0 Å². The summed E-state index contributed by atoms with van der Waals surface area (Å²) >= 11 is 0. The van der Waals surface area contributed by atoms with E-state index in [0.717, 1.165) is 0 Å². The normalized spacial score (nSPS) is 10.0. The summed E-state index contributed by atoms with van der Waals surface area (Å²) in [6.45, 7) is 6.96. The molecule has 0 atom stereocenters. The number of carbonyl (C=O) groups excluding carboxylic acids is 2. The average molecular weight is 182 g/mol. The van der Waals surface area contributed by atoms with Crippen molar-refractivity contribution in [2.75, 3.05) is 6.61 Å². The van der Waals surface area contributed by atoms with Gasteiger partial charge in [-0.2, -0.15) is 0 Å². The van der Waals surface area contributed by atoms with Gasteiger partial charge in [0.2, 0.25) is 0 Å². The Hall–Kier alpha value is -1.38. The molecule has 72 valence electrons. The Morgan fingerprint density at radius 1 is 1.46 bits per heavy atom. The third-order valence-corrected chi connectivity index (χ3v) is 1.32. The molecule has 0 amide bonds. The van der Waals surface area contributed by atoms with Crippen LogP contribution in [0, 0.1) is 0 Å². The number of carbonyl (C=O) groups is 2. The van der Waals surface area contributed by atoms with Crippen molar-refractivity contribution >= 4 is 11.8 Å². The molecule has 0 aromatic rings. The first-order chi connectivity index (χ1) is 6.07. The molecule has 0 aromatic heterocycles. The van der Waals surface area contributed by atoms with Crippen molar-refractivity contribution < 1.29 is 14.3 Å². The molecule has 0 aliphatic heterocycles. The molecule has 0 aliphatic rings. The van der Waals surface area contributed by atoms with Gasteiger partial charge in [0.25, 0.3) is 0 Å². The lowest BCUT2D eigenvalue weighted by molar-refractivity contribution is -0.142. The van der Waals surface area contributed by atoms with Crippen LogP contribution in [0.15, 0.2) is 24.3 Å². The molecule has 0 N–H and O–H groups in total. The molecule has 3 nitrogen and oxygen atoms in total. The minimum atomic E-state index is -0.271. The highest BCUT2D eigenvalue weighted by Crippen LogP contribution is 1.92. The summed E-state index contributed by atoms with van der Waals surface area (Å²) in [5.74, 6) is -0.417. The van der Waals surface area contributed by atoms with Crippen molar-refractivity contribution in [1.29, 1.82) is 0 Å². The molecule has 13 heavy (non-hydrogen) atoms. The molecule has 0 unspecified atom stereocenters. The van der Waals surface area contributed by atoms with Crippen LogP contribution in [0.4, 0.5) is 0 Å². The van der Waals surface area contributed by atoms with Crippen LogP contribution >= 0.6 is 0 Å². The molecular formula is C10H14O3. The van der Waals surface area contributed by atoms with Gasteiger partial charge in [-0.1, -0.05) is 13.5 Å². The molecule has 0 aromatic carbocycles. The van der Waals surface area contributed by atoms with Crippen molar-refractivity contribution in [1.82, 2.24) is 0 Å². The maximum atomic E-state index is 10.9. The van der Waals surface area contributed by atoms with Gasteiger partial charge < -0.3 is 4.74 Å². The molecule has 0 bridgehead atoms. The Balaban J connectivity index is 3.70. The number of hydrogen-bond donors (Lipinski definition) is 0. The Labute approximate surface area is 78.1 Å². The number of rotatable bonds is 5. The molecule has 0 aliphatic carbocycles. The number of hydrogen-bond acceptors (Lipinski definition) is 3. The topological polar surface area (TPSA) is 43.4 Å². The lowest BCUT2D eigenvalue weighted by atomic mass is 10.2. The predicted octanol–water partition coefficient (Wildman–Crippen LogP) is 1.64. The minimum Gasteiger partial charge on any atom is -0.461 e. The molecule has 0 fully saturated rings. The molecule has 0 saturated heterocycles. The largest absolute Gasteiger partial charge is 0.461 e. The van der Waals surface area contributed by atoms with Crippen molar-refractivity contribution in [3.8, 4) is 0 Å². The third-order valence-electron chi connectivity index (χ3n) is 1.32. The van der Waals surface area contributed by atoms with Gasteiger partial charge in [0.1, 0.15) is 6.61 Å². The monoisotopic (exact) mass is 182 g/mol. The summed E-state index contributed by atoms with van der Waals surface area (Å²) in [5, 5.41) is 0. The van der Waals surface area contributed by atoms with Crippen LogP contribution in [0.25, 0.3) is 0 Å². The lowest BCUT2D eigenvalue weighted by Gasteiger charge is -1.96. The first kappa shape index (κ1) is 11.6.